The Labute approximate surface area is 426 Å². The van der Waals surface area contributed by atoms with Gasteiger partial charge in [0.15, 0.2) is 0 Å². The van der Waals surface area contributed by atoms with Crippen molar-refractivity contribution in [3.8, 4) is 11.1 Å². The number of hydrogen-bond donors (Lipinski definition) is 3. The molecule has 5 amide bonds. The summed E-state index contributed by atoms with van der Waals surface area (Å²) in [5, 5.41) is 8.08. The minimum absolute atomic E-state index is 0.0237. The number of carbonyl (C=O) groups is 5. The van der Waals surface area contributed by atoms with Gasteiger partial charge in [0, 0.05) is 31.1 Å². The first-order chi connectivity index (χ1) is 35.9. The number of ether oxygens (including phenoxy) is 12. The number of alkyl carbamates (subject to hydrolysis) is 1. The average Bonchev–Trinajstić information content (AvgIpc) is 3.86. The summed E-state index contributed by atoms with van der Waals surface area (Å²) in [6.45, 7) is 10.4. The van der Waals surface area contributed by atoms with Gasteiger partial charge < -0.3 is 67.5 Å². The smallest absolute Gasteiger partial charge is 0.407 e. The number of amides is 5. The van der Waals surface area contributed by atoms with Gasteiger partial charge in [-0.3, -0.25) is 29.4 Å². The third-order valence-electron chi connectivity index (χ3n) is 11.6. The normalized spacial score (nSPS) is 15.1. The van der Waals surface area contributed by atoms with E-state index in [0.717, 1.165) is 4.90 Å². The van der Waals surface area contributed by atoms with Gasteiger partial charge in [0.1, 0.15) is 12.6 Å². The van der Waals surface area contributed by atoms with Gasteiger partial charge in [0.25, 0.3) is 11.8 Å². The van der Waals surface area contributed by atoms with E-state index in [0.29, 0.717) is 164 Å². The molecular weight excluding hydrogens is 953 g/mol. The first-order valence-electron chi connectivity index (χ1n) is 25.0. The second-order valence-corrected chi connectivity index (χ2v) is 16.6. The molecule has 0 saturated carbocycles. The summed E-state index contributed by atoms with van der Waals surface area (Å²) in [5.41, 5.74) is 5.63. The zero-order valence-corrected chi connectivity index (χ0v) is 41.5. The minimum atomic E-state index is -1.02. The van der Waals surface area contributed by atoms with Gasteiger partial charge in [-0.15, -0.1) is 0 Å². The fourth-order valence-electron chi connectivity index (χ4n) is 8.10. The van der Waals surface area contributed by atoms with Crippen molar-refractivity contribution in [2.24, 2.45) is 0 Å². The maximum Gasteiger partial charge on any atom is 0.407 e. The van der Waals surface area contributed by atoms with Crippen LogP contribution in [0.25, 0.3) is 11.1 Å². The average molecular weight is 1020 g/mol. The minimum Gasteiger partial charge on any atom is -0.449 e. The second kappa shape index (κ2) is 33.4. The van der Waals surface area contributed by atoms with E-state index < -0.39 is 35.8 Å². The van der Waals surface area contributed by atoms with Crippen LogP contribution in [0.4, 0.5) is 10.5 Å². The van der Waals surface area contributed by atoms with Gasteiger partial charge in [0.05, 0.1) is 156 Å². The predicted molar refractivity (Wildman–Crippen MR) is 264 cm³/mol. The lowest BCUT2D eigenvalue weighted by Crippen LogP contribution is -2.54. The standard InChI is InChI=1S/C52H70N4O17/c57-47-13-12-46(49(58)55-47)56-50(59)43-10-5-11-45(48(43)51(56)60)53-14-16-62-18-20-64-22-24-66-26-28-68-30-32-70-34-36-72-37-35-71-33-31-69-29-27-67-25-23-65-21-19-63-17-15-54-52(61)73-38-44-41-8-3-1-6-39(41)40-7-2-4-9-42(40)44/h1-11,44,46,53H,12-38H2,(H,54,61)(H,55,57,58). The van der Waals surface area contributed by atoms with E-state index in [9.17, 15) is 24.0 Å². The Bertz CT molecular complexity index is 2120. The lowest BCUT2D eigenvalue weighted by atomic mass is 9.98. The molecule has 1 aliphatic carbocycles. The third-order valence-corrected chi connectivity index (χ3v) is 11.6. The molecule has 1 saturated heterocycles. The number of benzene rings is 3. The predicted octanol–water partition coefficient (Wildman–Crippen LogP) is 3.22. The quantitative estimate of drug-likeness (QED) is 0.0548. The Hall–Kier alpha value is -5.43. The third kappa shape index (κ3) is 19.1. The fourth-order valence-corrected chi connectivity index (χ4v) is 8.10. The van der Waals surface area contributed by atoms with Gasteiger partial charge in [-0.1, -0.05) is 54.6 Å². The molecule has 1 atom stereocenters. The van der Waals surface area contributed by atoms with Crippen molar-refractivity contribution >= 4 is 35.4 Å². The van der Waals surface area contributed by atoms with Crippen LogP contribution in [-0.4, -0.2) is 206 Å². The van der Waals surface area contributed by atoms with E-state index in [4.69, 9.17) is 56.8 Å². The lowest BCUT2D eigenvalue weighted by molar-refractivity contribution is -0.136. The molecule has 2 aliphatic heterocycles. The zero-order chi connectivity index (χ0) is 51.1. The first kappa shape index (κ1) is 56.9. The summed E-state index contributed by atoms with van der Waals surface area (Å²) in [6.07, 6.45) is -0.306. The second-order valence-electron chi connectivity index (χ2n) is 16.6. The van der Waals surface area contributed by atoms with E-state index >= 15 is 0 Å². The molecule has 3 aromatic rings. The zero-order valence-electron chi connectivity index (χ0n) is 41.5. The topological polar surface area (TPSA) is 235 Å². The van der Waals surface area contributed by atoms with Crippen LogP contribution in [0.3, 0.4) is 0 Å². The molecule has 0 bridgehead atoms. The van der Waals surface area contributed by atoms with Gasteiger partial charge >= 0.3 is 6.09 Å². The largest absolute Gasteiger partial charge is 0.449 e. The summed E-state index contributed by atoms with van der Waals surface area (Å²) in [5.74, 6) is -2.16. The SMILES string of the molecule is O=C1CCC(N2C(=O)c3cccc(NCCOCCOCCOCCOCCOCCOCCOCCOCCOCCOCCOCCNC(=O)OCC4c5ccccc5-c5ccccc54)c3C2=O)C(=O)N1. The molecule has 3 N–H and O–H groups in total. The van der Waals surface area contributed by atoms with Crippen molar-refractivity contribution in [3.05, 3.63) is 89.0 Å². The summed E-state index contributed by atoms with van der Waals surface area (Å²) in [4.78, 5) is 63.3. The highest BCUT2D eigenvalue weighted by Crippen LogP contribution is 2.44. The molecule has 0 spiro atoms. The van der Waals surface area contributed by atoms with Gasteiger partial charge in [-0.25, -0.2) is 4.79 Å². The highest BCUT2D eigenvalue weighted by molar-refractivity contribution is 6.25. The molecule has 21 heteroatoms. The van der Waals surface area contributed by atoms with Crippen molar-refractivity contribution in [3.63, 3.8) is 0 Å². The Kier molecular flexibility index (Phi) is 26.0. The first-order valence-corrected chi connectivity index (χ1v) is 25.0. The van der Waals surface area contributed by atoms with Crippen LogP contribution in [0.15, 0.2) is 66.7 Å². The molecular formula is C52H70N4O17. The monoisotopic (exact) mass is 1020 g/mol. The number of fused-ring (bicyclic) bond motifs is 4. The highest BCUT2D eigenvalue weighted by atomic mass is 16.6. The van der Waals surface area contributed by atoms with Crippen LogP contribution in [0, 0.1) is 0 Å². The molecule has 6 rings (SSSR count). The molecule has 73 heavy (non-hydrogen) atoms. The lowest BCUT2D eigenvalue weighted by Gasteiger charge is -2.27. The van der Waals surface area contributed by atoms with E-state index in [1.54, 1.807) is 18.2 Å². The fraction of sp³-hybridized carbons (Fsp3) is 0.558. The van der Waals surface area contributed by atoms with Crippen molar-refractivity contribution in [2.45, 2.75) is 24.8 Å². The van der Waals surface area contributed by atoms with Crippen molar-refractivity contribution in [1.82, 2.24) is 15.5 Å². The van der Waals surface area contributed by atoms with Gasteiger partial charge in [0.2, 0.25) is 11.8 Å². The number of carbonyl (C=O) groups excluding carboxylic acids is 5. The summed E-state index contributed by atoms with van der Waals surface area (Å²) in [7, 11) is 0. The maximum atomic E-state index is 13.2. The van der Waals surface area contributed by atoms with Crippen molar-refractivity contribution in [1.29, 1.82) is 0 Å². The molecule has 0 aromatic heterocycles. The molecule has 1 fully saturated rings. The van der Waals surface area contributed by atoms with E-state index in [1.165, 1.54) is 22.3 Å². The Morgan fingerprint density at radius 2 is 0.904 bits per heavy atom. The van der Waals surface area contributed by atoms with Crippen LogP contribution < -0.4 is 16.0 Å². The summed E-state index contributed by atoms with van der Waals surface area (Å²) >= 11 is 0. The number of nitrogens with zero attached hydrogens (tertiary/aromatic N) is 1. The van der Waals surface area contributed by atoms with Crippen LogP contribution in [0.1, 0.15) is 50.6 Å². The van der Waals surface area contributed by atoms with E-state index in [1.807, 2.05) is 24.3 Å². The highest BCUT2D eigenvalue weighted by Gasteiger charge is 2.45. The summed E-state index contributed by atoms with van der Waals surface area (Å²) < 4.78 is 66.4. The summed E-state index contributed by atoms with van der Waals surface area (Å²) in [6, 6.07) is 20.4. The number of piperidine rings is 1. The number of hydrogen-bond acceptors (Lipinski definition) is 18. The van der Waals surface area contributed by atoms with E-state index in [2.05, 4.69) is 40.2 Å². The van der Waals surface area contributed by atoms with Crippen LogP contribution >= 0.6 is 0 Å². The Morgan fingerprint density at radius 1 is 0.493 bits per heavy atom. The Morgan fingerprint density at radius 3 is 1.36 bits per heavy atom. The number of anilines is 1. The molecule has 21 nitrogen and oxygen atoms in total. The van der Waals surface area contributed by atoms with Crippen molar-refractivity contribution in [2.75, 3.05) is 170 Å². The van der Waals surface area contributed by atoms with E-state index in [-0.39, 0.29) is 36.5 Å². The molecule has 0 radical (unpaired) electrons. The van der Waals surface area contributed by atoms with Gasteiger partial charge in [-0.05, 0) is 40.8 Å². The van der Waals surface area contributed by atoms with Crippen molar-refractivity contribution < 1.29 is 80.8 Å². The number of rotatable bonds is 40. The molecule has 2 heterocycles. The Balaban J connectivity index is 0.599. The molecule has 3 aromatic carbocycles. The molecule has 3 aliphatic rings. The molecule has 1 unspecified atom stereocenters. The molecule has 400 valence electrons. The maximum absolute atomic E-state index is 13.2. The van der Waals surface area contributed by atoms with Crippen LogP contribution in [0.2, 0.25) is 0 Å². The number of nitrogens with one attached hydrogen (secondary N) is 3. The number of imide groups is 2. The van der Waals surface area contributed by atoms with Gasteiger partial charge in [-0.2, -0.15) is 0 Å². The van der Waals surface area contributed by atoms with Crippen LogP contribution in [0.5, 0.6) is 0 Å². The van der Waals surface area contributed by atoms with Crippen LogP contribution in [-0.2, 0) is 66.4 Å².